The first-order chi connectivity index (χ1) is 16.4. The number of amides is 1. The monoisotopic (exact) mass is 601 g/mol. The summed E-state index contributed by atoms with van der Waals surface area (Å²) < 4.78 is 34.3. The second-order valence-corrected chi connectivity index (χ2v) is 10.7. The Bertz CT molecular complexity index is 1420. The molecule has 0 atom stereocenters. The Kier molecular flexibility index (Phi) is 8.26. The molecule has 1 amide bonds. The highest BCUT2D eigenvalue weighted by Crippen LogP contribution is 2.32. The second-order valence-electron chi connectivity index (χ2n) is 7.29. The first kappa shape index (κ1) is 26.7. The summed E-state index contributed by atoms with van der Waals surface area (Å²) in [5.74, 6) is -0.453. The summed E-state index contributed by atoms with van der Waals surface area (Å²) in [6.07, 6.45) is 0. The van der Waals surface area contributed by atoms with Gasteiger partial charge in [0.25, 0.3) is 21.6 Å². The third-order valence-corrected chi connectivity index (χ3v) is 7.43. The van der Waals surface area contributed by atoms with E-state index in [1.54, 1.807) is 18.2 Å². The lowest BCUT2D eigenvalue weighted by Gasteiger charge is -2.19. The molecule has 35 heavy (non-hydrogen) atoms. The largest absolute Gasteiger partial charge is 0.495 e. The van der Waals surface area contributed by atoms with Crippen LogP contribution in [0.25, 0.3) is 0 Å². The Balaban J connectivity index is 1.92. The Morgan fingerprint density at radius 3 is 2.46 bits per heavy atom. The highest BCUT2D eigenvalue weighted by Gasteiger charge is 2.23. The minimum Gasteiger partial charge on any atom is -0.495 e. The number of methoxy groups -OCH3 is 1. The fourth-order valence-electron chi connectivity index (χ4n) is 3.13. The normalized spacial score (nSPS) is 11.1. The van der Waals surface area contributed by atoms with E-state index in [9.17, 15) is 23.3 Å². The van der Waals surface area contributed by atoms with Gasteiger partial charge < -0.3 is 9.64 Å². The Labute approximate surface area is 219 Å². The van der Waals surface area contributed by atoms with Crippen molar-refractivity contribution in [3.63, 3.8) is 0 Å². The van der Waals surface area contributed by atoms with Gasteiger partial charge in [-0.25, -0.2) is 8.42 Å². The van der Waals surface area contributed by atoms with Crippen molar-refractivity contribution in [3.8, 4) is 5.75 Å². The van der Waals surface area contributed by atoms with E-state index in [1.165, 1.54) is 43.3 Å². The highest BCUT2D eigenvalue weighted by atomic mass is 79.9. The molecule has 184 valence electrons. The first-order valence-corrected chi connectivity index (χ1v) is 12.8. The summed E-state index contributed by atoms with van der Waals surface area (Å²) in [4.78, 5) is 24.6. The number of halogens is 3. The number of hydrogen-bond acceptors (Lipinski definition) is 6. The topological polar surface area (TPSA) is 119 Å². The van der Waals surface area contributed by atoms with Crippen LogP contribution in [-0.4, -0.2) is 38.3 Å². The number of ether oxygens (including phenoxy) is 1. The Morgan fingerprint density at radius 2 is 1.80 bits per heavy atom. The number of sulfonamides is 1. The van der Waals surface area contributed by atoms with Crippen LogP contribution in [0.3, 0.4) is 0 Å². The maximum atomic E-state index is 13.1. The summed E-state index contributed by atoms with van der Waals surface area (Å²) >= 11 is 15.8. The van der Waals surface area contributed by atoms with Crippen molar-refractivity contribution in [1.29, 1.82) is 0 Å². The maximum Gasteiger partial charge on any atom is 0.271 e. The van der Waals surface area contributed by atoms with Gasteiger partial charge in [-0.3, -0.25) is 19.6 Å². The van der Waals surface area contributed by atoms with Crippen molar-refractivity contribution < 1.29 is 22.9 Å². The van der Waals surface area contributed by atoms with Gasteiger partial charge in [0.15, 0.2) is 0 Å². The molecule has 0 spiro atoms. The number of nitrogens with zero attached hydrogens (tertiary/aromatic N) is 2. The molecule has 0 bridgehead atoms. The number of carbonyl (C=O) groups excluding carboxylic acids is 1. The minimum atomic E-state index is -4.27. The molecule has 3 aromatic carbocycles. The van der Waals surface area contributed by atoms with Crippen molar-refractivity contribution >= 4 is 66.4 Å². The minimum absolute atomic E-state index is 0.0471. The van der Waals surface area contributed by atoms with Gasteiger partial charge >= 0.3 is 0 Å². The number of nitrogens with one attached hydrogen (secondary N) is 1. The molecule has 0 saturated heterocycles. The molecule has 0 unspecified atom stereocenters. The van der Waals surface area contributed by atoms with Crippen LogP contribution in [0.4, 0.5) is 11.4 Å². The van der Waals surface area contributed by atoms with E-state index in [0.29, 0.717) is 10.6 Å². The van der Waals surface area contributed by atoms with Gasteiger partial charge in [-0.2, -0.15) is 0 Å². The van der Waals surface area contributed by atoms with Crippen molar-refractivity contribution in [2.75, 3.05) is 18.9 Å². The lowest BCUT2D eigenvalue weighted by molar-refractivity contribution is -0.384. The number of nitro benzene ring substituents is 1. The van der Waals surface area contributed by atoms with Gasteiger partial charge in [-0.15, -0.1) is 0 Å². The molecular weight excluding hydrogens is 585 g/mol. The van der Waals surface area contributed by atoms with E-state index in [2.05, 4.69) is 20.7 Å². The number of hydrogen-bond donors (Lipinski definition) is 1. The number of non-ortho nitro benzene ring substituents is 1. The number of rotatable bonds is 8. The summed E-state index contributed by atoms with van der Waals surface area (Å²) in [6.45, 7) is 0.146. The van der Waals surface area contributed by atoms with Gasteiger partial charge in [-0.05, 0) is 48.0 Å². The fourth-order valence-corrected chi connectivity index (χ4v) is 5.00. The van der Waals surface area contributed by atoms with Crippen LogP contribution in [0.1, 0.15) is 15.9 Å². The lowest BCUT2D eigenvalue weighted by atomic mass is 10.1. The standard InChI is InChI=1S/C22H18BrCl2N3O6S/c1-27(12-13-9-14(23)3-6-18(13)24)22(29)17-11-16(5-7-19(17)25)35(32,33)26-20-10-15(28(30)31)4-8-21(20)34-2/h3-11,26H,12H2,1-2H3. The fraction of sp³-hybridized carbons (Fsp3) is 0.136. The summed E-state index contributed by atoms with van der Waals surface area (Å²) in [7, 11) is -1.44. The van der Waals surface area contributed by atoms with E-state index in [4.69, 9.17) is 27.9 Å². The zero-order chi connectivity index (χ0) is 25.9. The molecule has 3 aromatic rings. The van der Waals surface area contributed by atoms with Crippen LogP contribution in [0.15, 0.2) is 64.0 Å². The Hall–Kier alpha value is -2.86. The van der Waals surface area contributed by atoms with Crippen LogP contribution < -0.4 is 9.46 Å². The number of carbonyl (C=O) groups is 1. The predicted molar refractivity (Wildman–Crippen MR) is 137 cm³/mol. The predicted octanol–water partition coefficient (Wildman–Crippen LogP) is 5.75. The molecule has 0 fully saturated rings. The zero-order valence-electron chi connectivity index (χ0n) is 18.3. The second kappa shape index (κ2) is 10.8. The molecule has 0 aliphatic heterocycles. The molecule has 0 aliphatic carbocycles. The summed E-state index contributed by atoms with van der Waals surface area (Å²) in [5, 5.41) is 11.6. The molecular formula is C22H18BrCl2N3O6S. The zero-order valence-corrected chi connectivity index (χ0v) is 22.2. The van der Waals surface area contributed by atoms with Gasteiger partial charge in [-0.1, -0.05) is 39.1 Å². The number of nitro groups is 1. The van der Waals surface area contributed by atoms with E-state index in [1.807, 2.05) is 0 Å². The SMILES string of the molecule is COc1ccc([N+](=O)[O-])cc1NS(=O)(=O)c1ccc(Cl)c(C(=O)N(C)Cc2cc(Br)ccc2Cl)c1. The van der Waals surface area contributed by atoms with Gasteiger partial charge in [0.2, 0.25) is 0 Å². The Morgan fingerprint density at radius 1 is 1.11 bits per heavy atom. The third kappa shape index (κ3) is 6.23. The summed E-state index contributed by atoms with van der Waals surface area (Å²) in [6, 6.07) is 12.4. The van der Waals surface area contributed by atoms with E-state index >= 15 is 0 Å². The molecule has 13 heteroatoms. The van der Waals surface area contributed by atoms with Crippen LogP contribution in [0, 0.1) is 10.1 Å². The van der Waals surface area contributed by atoms with Crippen molar-refractivity contribution in [1.82, 2.24) is 4.90 Å². The van der Waals surface area contributed by atoms with Gasteiger partial charge in [0.1, 0.15) is 5.75 Å². The molecule has 0 saturated carbocycles. The lowest BCUT2D eigenvalue weighted by Crippen LogP contribution is -2.27. The molecule has 0 radical (unpaired) electrons. The maximum absolute atomic E-state index is 13.1. The average molecular weight is 603 g/mol. The van der Waals surface area contributed by atoms with Crippen LogP contribution in [0.5, 0.6) is 5.75 Å². The molecule has 3 rings (SSSR count). The third-order valence-electron chi connectivity index (χ3n) is 4.88. The van der Waals surface area contributed by atoms with Crippen LogP contribution in [-0.2, 0) is 16.6 Å². The molecule has 0 heterocycles. The van der Waals surface area contributed by atoms with Gasteiger partial charge in [0.05, 0.1) is 33.2 Å². The van der Waals surface area contributed by atoms with Gasteiger partial charge in [0, 0.05) is 35.2 Å². The highest BCUT2D eigenvalue weighted by molar-refractivity contribution is 9.10. The van der Waals surface area contributed by atoms with E-state index < -0.39 is 20.9 Å². The number of anilines is 1. The number of benzene rings is 3. The van der Waals surface area contributed by atoms with Crippen molar-refractivity contribution in [2.24, 2.45) is 0 Å². The summed E-state index contributed by atoms with van der Waals surface area (Å²) in [5.41, 5.74) is 0.166. The smallest absolute Gasteiger partial charge is 0.271 e. The van der Waals surface area contributed by atoms with Crippen molar-refractivity contribution in [2.45, 2.75) is 11.4 Å². The van der Waals surface area contributed by atoms with E-state index in [0.717, 1.165) is 16.6 Å². The average Bonchev–Trinajstić information content (AvgIpc) is 2.80. The first-order valence-electron chi connectivity index (χ1n) is 9.77. The van der Waals surface area contributed by atoms with Crippen LogP contribution in [0.2, 0.25) is 10.0 Å². The van der Waals surface area contributed by atoms with Crippen LogP contribution >= 0.6 is 39.1 Å². The molecule has 9 nitrogen and oxygen atoms in total. The van der Waals surface area contributed by atoms with Crippen molar-refractivity contribution in [3.05, 3.63) is 90.4 Å². The molecule has 1 N–H and O–H groups in total. The van der Waals surface area contributed by atoms with E-state index in [-0.39, 0.29) is 39.2 Å². The quantitative estimate of drug-likeness (QED) is 0.259. The molecule has 0 aromatic heterocycles. The molecule has 0 aliphatic rings.